The molecule has 0 aromatic carbocycles. The summed E-state index contributed by atoms with van der Waals surface area (Å²) in [6.07, 6.45) is 6.33. The SMILES string of the molecule is CCC/C=C\C=O. The summed E-state index contributed by atoms with van der Waals surface area (Å²) < 4.78 is 0. The van der Waals surface area contributed by atoms with Crippen molar-refractivity contribution >= 4 is 6.29 Å². The second-order valence-electron chi connectivity index (χ2n) is 1.35. The van der Waals surface area contributed by atoms with E-state index in [1.54, 1.807) is 0 Å². The second kappa shape index (κ2) is 5.41. The van der Waals surface area contributed by atoms with Crippen LogP contribution in [0.5, 0.6) is 0 Å². The molecule has 0 aromatic heterocycles. The van der Waals surface area contributed by atoms with Crippen molar-refractivity contribution in [3.8, 4) is 0 Å². The average Bonchev–Trinajstić information content (AvgIpc) is 1.69. The zero-order valence-electron chi connectivity index (χ0n) is 4.55. The molecule has 0 rings (SSSR count). The monoisotopic (exact) mass is 98.1 g/mol. The maximum Gasteiger partial charge on any atom is 0.142 e. The van der Waals surface area contributed by atoms with E-state index in [1.165, 1.54) is 6.08 Å². The quantitative estimate of drug-likeness (QED) is 0.386. The van der Waals surface area contributed by atoms with Crippen LogP contribution < -0.4 is 0 Å². The van der Waals surface area contributed by atoms with E-state index in [4.69, 9.17) is 0 Å². The second-order valence-corrected chi connectivity index (χ2v) is 1.35. The predicted octanol–water partition coefficient (Wildman–Crippen LogP) is 1.54. The molecular formula is C6H10O. The Hall–Kier alpha value is -0.590. The van der Waals surface area contributed by atoms with Gasteiger partial charge in [-0.05, 0) is 12.5 Å². The first-order chi connectivity index (χ1) is 3.41. The Morgan fingerprint density at radius 3 is 2.71 bits per heavy atom. The number of hydrogen-bond donors (Lipinski definition) is 0. The van der Waals surface area contributed by atoms with Gasteiger partial charge in [-0.15, -0.1) is 0 Å². The van der Waals surface area contributed by atoms with Gasteiger partial charge in [0.2, 0.25) is 0 Å². The molecule has 0 aromatic rings. The summed E-state index contributed by atoms with van der Waals surface area (Å²) in [7, 11) is 0. The molecule has 0 saturated carbocycles. The highest BCUT2D eigenvalue weighted by Gasteiger charge is 1.67. The molecule has 0 bridgehead atoms. The normalized spacial score (nSPS) is 9.86. The van der Waals surface area contributed by atoms with E-state index in [-0.39, 0.29) is 0 Å². The molecule has 0 amide bonds. The van der Waals surface area contributed by atoms with Crippen molar-refractivity contribution in [1.29, 1.82) is 0 Å². The van der Waals surface area contributed by atoms with Gasteiger partial charge in [0, 0.05) is 0 Å². The molecule has 0 N–H and O–H groups in total. The van der Waals surface area contributed by atoms with Crippen LogP contribution in [0.2, 0.25) is 0 Å². The molecular weight excluding hydrogens is 88.1 g/mol. The number of rotatable bonds is 3. The Morgan fingerprint density at radius 2 is 2.29 bits per heavy atom. The number of unbranched alkanes of at least 4 members (excludes halogenated alkanes) is 1. The molecule has 0 heterocycles. The van der Waals surface area contributed by atoms with Crippen LogP contribution in [0.4, 0.5) is 0 Å². The molecule has 0 fully saturated rings. The molecule has 0 atom stereocenters. The third-order valence-electron chi connectivity index (χ3n) is 0.670. The fraction of sp³-hybridized carbons (Fsp3) is 0.500. The summed E-state index contributed by atoms with van der Waals surface area (Å²) in [5.74, 6) is 0. The molecule has 0 spiro atoms. The third kappa shape index (κ3) is 5.41. The van der Waals surface area contributed by atoms with E-state index in [2.05, 4.69) is 6.92 Å². The molecule has 1 nitrogen and oxygen atoms in total. The average molecular weight is 98.1 g/mol. The highest BCUT2D eigenvalue weighted by atomic mass is 16.1. The van der Waals surface area contributed by atoms with Gasteiger partial charge in [0.15, 0.2) is 0 Å². The molecule has 0 saturated heterocycles. The summed E-state index contributed by atoms with van der Waals surface area (Å²) in [6, 6.07) is 0. The Balaban J connectivity index is 2.92. The van der Waals surface area contributed by atoms with Gasteiger partial charge in [0.1, 0.15) is 6.29 Å². The van der Waals surface area contributed by atoms with Crippen LogP contribution in [0, 0.1) is 0 Å². The van der Waals surface area contributed by atoms with E-state index in [9.17, 15) is 4.79 Å². The molecule has 0 radical (unpaired) electrons. The fourth-order valence-electron chi connectivity index (χ4n) is 0.318. The lowest BCUT2D eigenvalue weighted by molar-refractivity contribution is -0.104. The van der Waals surface area contributed by atoms with Crippen LogP contribution >= 0.6 is 0 Å². The first-order valence-corrected chi connectivity index (χ1v) is 2.52. The number of carbonyl (C=O) groups is 1. The molecule has 0 aliphatic carbocycles. The Morgan fingerprint density at radius 1 is 1.57 bits per heavy atom. The zero-order valence-corrected chi connectivity index (χ0v) is 4.55. The number of allylic oxidation sites excluding steroid dienone is 2. The number of aldehydes is 1. The summed E-state index contributed by atoms with van der Waals surface area (Å²) in [6.45, 7) is 2.08. The summed E-state index contributed by atoms with van der Waals surface area (Å²) in [4.78, 5) is 9.59. The highest BCUT2D eigenvalue weighted by molar-refractivity contribution is 5.64. The van der Waals surface area contributed by atoms with E-state index in [1.807, 2.05) is 6.08 Å². The highest BCUT2D eigenvalue weighted by Crippen LogP contribution is 1.85. The molecule has 0 aliphatic rings. The van der Waals surface area contributed by atoms with Crippen LogP contribution in [0.1, 0.15) is 19.8 Å². The maximum absolute atomic E-state index is 9.59. The summed E-state index contributed by atoms with van der Waals surface area (Å²) in [5.41, 5.74) is 0. The molecule has 7 heavy (non-hydrogen) atoms. The van der Waals surface area contributed by atoms with Crippen molar-refractivity contribution in [1.82, 2.24) is 0 Å². The van der Waals surface area contributed by atoms with Gasteiger partial charge in [-0.25, -0.2) is 0 Å². The summed E-state index contributed by atoms with van der Waals surface area (Å²) >= 11 is 0. The lowest BCUT2D eigenvalue weighted by atomic mass is 10.3. The molecule has 0 aliphatic heterocycles. The van der Waals surface area contributed by atoms with Gasteiger partial charge in [-0.1, -0.05) is 19.4 Å². The van der Waals surface area contributed by atoms with Crippen LogP contribution in [-0.2, 0) is 4.79 Å². The molecule has 40 valence electrons. The largest absolute Gasteiger partial charge is 0.299 e. The standard InChI is InChI=1S/C6H10O/c1-2-3-4-5-6-7/h4-6H,2-3H2,1H3/b5-4-. The number of carbonyl (C=O) groups excluding carboxylic acids is 1. The van der Waals surface area contributed by atoms with E-state index >= 15 is 0 Å². The topological polar surface area (TPSA) is 17.1 Å². The van der Waals surface area contributed by atoms with E-state index in [0.29, 0.717) is 0 Å². The zero-order chi connectivity index (χ0) is 5.54. The Labute approximate surface area is 44.0 Å². The fourth-order valence-corrected chi connectivity index (χ4v) is 0.318. The predicted molar refractivity (Wildman–Crippen MR) is 30.1 cm³/mol. The first-order valence-electron chi connectivity index (χ1n) is 2.52. The van der Waals surface area contributed by atoms with Crippen molar-refractivity contribution in [3.63, 3.8) is 0 Å². The minimum Gasteiger partial charge on any atom is -0.299 e. The van der Waals surface area contributed by atoms with Gasteiger partial charge in [0.05, 0.1) is 0 Å². The Bertz CT molecular complexity index is 64.6. The number of hydrogen-bond acceptors (Lipinski definition) is 1. The smallest absolute Gasteiger partial charge is 0.142 e. The lowest BCUT2D eigenvalue weighted by Gasteiger charge is -1.76. The van der Waals surface area contributed by atoms with Crippen molar-refractivity contribution in [2.45, 2.75) is 19.8 Å². The van der Waals surface area contributed by atoms with Gasteiger partial charge in [0.25, 0.3) is 0 Å². The first kappa shape index (κ1) is 6.41. The maximum atomic E-state index is 9.59. The van der Waals surface area contributed by atoms with Crippen molar-refractivity contribution in [2.75, 3.05) is 0 Å². The lowest BCUT2D eigenvalue weighted by Crippen LogP contribution is -1.61. The minimum absolute atomic E-state index is 0.801. The van der Waals surface area contributed by atoms with Crippen LogP contribution in [0.25, 0.3) is 0 Å². The van der Waals surface area contributed by atoms with E-state index in [0.717, 1.165) is 19.1 Å². The molecule has 1 heteroatoms. The van der Waals surface area contributed by atoms with Crippen molar-refractivity contribution < 1.29 is 4.79 Å². The van der Waals surface area contributed by atoms with Gasteiger partial charge < -0.3 is 0 Å². The summed E-state index contributed by atoms with van der Waals surface area (Å²) in [5, 5.41) is 0. The van der Waals surface area contributed by atoms with Crippen molar-refractivity contribution in [2.24, 2.45) is 0 Å². The van der Waals surface area contributed by atoms with Gasteiger partial charge in [-0.3, -0.25) is 4.79 Å². The van der Waals surface area contributed by atoms with Gasteiger partial charge >= 0.3 is 0 Å². The molecule has 0 unspecified atom stereocenters. The third-order valence-corrected chi connectivity index (χ3v) is 0.670. The van der Waals surface area contributed by atoms with Crippen molar-refractivity contribution in [3.05, 3.63) is 12.2 Å². The van der Waals surface area contributed by atoms with Gasteiger partial charge in [-0.2, -0.15) is 0 Å². The van der Waals surface area contributed by atoms with Crippen LogP contribution in [0.15, 0.2) is 12.2 Å². The van der Waals surface area contributed by atoms with E-state index < -0.39 is 0 Å². The minimum atomic E-state index is 0.801. The van der Waals surface area contributed by atoms with Crippen LogP contribution in [0.3, 0.4) is 0 Å². The Kier molecular flexibility index (Phi) is 4.95. The van der Waals surface area contributed by atoms with Crippen LogP contribution in [-0.4, -0.2) is 6.29 Å².